The van der Waals surface area contributed by atoms with Gasteiger partial charge in [-0.15, -0.1) is 0 Å². The third-order valence-corrected chi connectivity index (χ3v) is 7.36. The topological polar surface area (TPSA) is 70.7 Å². The van der Waals surface area contributed by atoms with E-state index in [9.17, 15) is 9.59 Å². The SMILES string of the molecule is CC1(C)c2ccccc2-c2cc3c4ccccc4n(-c4ccc5[nH]c(=O)[nH]c(=O)c5c4)c3cc21. The third-order valence-electron chi connectivity index (χ3n) is 7.36. The highest BCUT2D eigenvalue weighted by molar-refractivity contribution is 6.11. The molecule has 0 unspecified atom stereocenters. The number of H-pyrrole nitrogens is 2. The summed E-state index contributed by atoms with van der Waals surface area (Å²) in [6, 6.07) is 27.3. The molecule has 34 heavy (non-hydrogen) atoms. The van der Waals surface area contributed by atoms with Gasteiger partial charge in [-0.25, -0.2) is 4.79 Å². The molecule has 0 fully saturated rings. The molecule has 0 saturated heterocycles. The molecular weight excluding hydrogens is 422 g/mol. The molecule has 1 aliphatic carbocycles. The Morgan fingerprint density at radius 2 is 1.47 bits per heavy atom. The lowest BCUT2D eigenvalue weighted by molar-refractivity contribution is 0.661. The van der Waals surface area contributed by atoms with E-state index in [1.807, 2.05) is 18.2 Å². The van der Waals surface area contributed by atoms with E-state index in [-0.39, 0.29) is 11.0 Å². The van der Waals surface area contributed by atoms with E-state index < -0.39 is 5.69 Å². The molecule has 0 atom stereocenters. The predicted octanol–water partition coefficient (Wildman–Crippen LogP) is 5.62. The zero-order chi connectivity index (χ0) is 23.2. The molecule has 5 nitrogen and oxygen atoms in total. The van der Waals surface area contributed by atoms with Crippen molar-refractivity contribution in [2.75, 3.05) is 0 Å². The molecule has 0 amide bonds. The smallest absolute Gasteiger partial charge is 0.309 e. The standard InChI is InChI=1S/C29H21N3O2/c1-29(2)22-9-5-3-7-17(22)19-14-20-18-8-4-6-10-25(18)32(26(20)15-23(19)29)16-11-12-24-21(13-16)27(33)31-28(34)30-24/h3-15H,1-2H3,(H2,30,31,33,34). The fraction of sp³-hybridized carbons (Fsp3) is 0.103. The summed E-state index contributed by atoms with van der Waals surface area (Å²) in [5.41, 5.74) is 7.79. The summed E-state index contributed by atoms with van der Waals surface area (Å²) in [5.74, 6) is 0. The van der Waals surface area contributed by atoms with Crippen LogP contribution in [0.1, 0.15) is 25.0 Å². The Kier molecular flexibility index (Phi) is 3.57. The van der Waals surface area contributed by atoms with Crippen molar-refractivity contribution >= 4 is 32.7 Å². The van der Waals surface area contributed by atoms with Crippen molar-refractivity contribution in [2.24, 2.45) is 0 Å². The number of rotatable bonds is 1. The first-order valence-electron chi connectivity index (χ1n) is 11.4. The van der Waals surface area contributed by atoms with Crippen molar-refractivity contribution in [3.63, 3.8) is 0 Å². The number of aromatic nitrogens is 3. The zero-order valence-electron chi connectivity index (χ0n) is 18.8. The Balaban J connectivity index is 1.61. The van der Waals surface area contributed by atoms with Crippen molar-refractivity contribution in [3.05, 3.63) is 111 Å². The molecule has 0 bridgehead atoms. The Bertz CT molecular complexity index is 1940. The molecule has 2 heterocycles. The van der Waals surface area contributed by atoms with Crippen LogP contribution >= 0.6 is 0 Å². The van der Waals surface area contributed by atoms with E-state index in [2.05, 4.69) is 83.0 Å². The van der Waals surface area contributed by atoms with Crippen LogP contribution < -0.4 is 11.2 Å². The van der Waals surface area contributed by atoms with Gasteiger partial charge < -0.3 is 9.55 Å². The van der Waals surface area contributed by atoms with Gasteiger partial charge in [0.15, 0.2) is 0 Å². The Morgan fingerprint density at radius 3 is 2.35 bits per heavy atom. The van der Waals surface area contributed by atoms with Crippen molar-refractivity contribution in [1.82, 2.24) is 14.5 Å². The number of aromatic amines is 2. The maximum Gasteiger partial charge on any atom is 0.326 e. The van der Waals surface area contributed by atoms with E-state index >= 15 is 0 Å². The lowest BCUT2D eigenvalue weighted by atomic mass is 9.82. The number of hydrogen-bond acceptors (Lipinski definition) is 2. The van der Waals surface area contributed by atoms with Crippen LogP contribution in [-0.4, -0.2) is 14.5 Å². The fourth-order valence-electron chi connectivity index (χ4n) is 5.73. The lowest BCUT2D eigenvalue weighted by Crippen LogP contribution is -2.21. The quantitative estimate of drug-likeness (QED) is 0.346. The zero-order valence-corrected chi connectivity index (χ0v) is 18.8. The Morgan fingerprint density at radius 1 is 0.676 bits per heavy atom. The summed E-state index contributed by atoms with van der Waals surface area (Å²) >= 11 is 0. The van der Waals surface area contributed by atoms with Crippen molar-refractivity contribution in [3.8, 4) is 16.8 Å². The minimum Gasteiger partial charge on any atom is -0.309 e. The highest BCUT2D eigenvalue weighted by Gasteiger charge is 2.36. The van der Waals surface area contributed by atoms with E-state index in [4.69, 9.17) is 0 Å². The van der Waals surface area contributed by atoms with E-state index in [0.29, 0.717) is 10.9 Å². The third kappa shape index (κ3) is 2.38. The molecule has 164 valence electrons. The van der Waals surface area contributed by atoms with Crippen LogP contribution in [0.5, 0.6) is 0 Å². The summed E-state index contributed by atoms with van der Waals surface area (Å²) in [5, 5.41) is 2.80. The second kappa shape index (κ2) is 6.35. The summed E-state index contributed by atoms with van der Waals surface area (Å²) in [4.78, 5) is 29.3. The second-order valence-corrected chi connectivity index (χ2v) is 9.58. The van der Waals surface area contributed by atoms with E-state index in [1.54, 1.807) is 6.07 Å². The fourth-order valence-corrected chi connectivity index (χ4v) is 5.73. The summed E-state index contributed by atoms with van der Waals surface area (Å²) in [6.45, 7) is 4.56. The molecule has 1 aliphatic rings. The number of hydrogen-bond donors (Lipinski definition) is 2. The maximum atomic E-state index is 12.5. The number of para-hydroxylation sites is 1. The summed E-state index contributed by atoms with van der Waals surface area (Å²) in [6.07, 6.45) is 0. The first-order valence-corrected chi connectivity index (χ1v) is 11.4. The first-order chi connectivity index (χ1) is 16.4. The van der Waals surface area contributed by atoms with Gasteiger partial charge in [0.1, 0.15) is 0 Å². The monoisotopic (exact) mass is 443 g/mol. The summed E-state index contributed by atoms with van der Waals surface area (Å²) < 4.78 is 2.22. The molecule has 0 aliphatic heterocycles. The first kappa shape index (κ1) is 19.1. The van der Waals surface area contributed by atoms with Gasteiger partial charge in [-0.2, -0.15) is 0 Å². The van der Waals surface area contributed by atoms with Crippen molar-refractivity contribution < 1.29 is 0 Å². The van der Waals surface area contributed by atoms with Gasteiger partial charge in [-0.3, -0.25) is 9.78 Å². The van der Waals surface area contributed by atoms with Crippen LogP contribution in [0.15, 0.2) is 88.5 Å². The molecule has 0 saturated carbocycles. The highest BCUT2D eigenvalue weighted by Crippen LogP contribution is 2.50. The maximum absolute atomic E-state index is 12.5. The normalized spacial score (nSPS) is 14.1. The highest BCUT2D eigenvalue weighted by atomic mass is 16.2. The van der Waals surface area contributed by atoms with Crippen LogP contribution in [0.2, 0.25) is 0 Å². The molecule has 0 radical (unpaired) electrons. The van der Waals surface area contributed by atoms with Crippen molar-refractivity contribution in [1.29, 1.82) is 0 Å². The molecule has 2 N–H and O–H groups in total. The summed E-state index contributed by atoms with van der Waals surface area (Å²) in [7, 11) is 0. The largest absolute Gasteiger partial charge is 0.326 e. The molecule has 4 aromatic carbocycles. The van der Waals surface area contributed by atoms with Gasteiger partial charge in [0.2, 0.25) is 0 Å². The average Bonchev–Trinajstić information content (AvgIpc) is 3.27. The van der Waals surface area contributed by atoms with Crippen LogP contribution in [0.25, 0.3) is 49.5 Å². The van der Waals surface area contributed by atoms with Gasteiger partial charge in [0, 0.05) is 21.9 Å². The van der Waals surface area contributed by atoms with E-state index in [0.717, 1.165) is 22.1 Å². The second-order valence-electron chi connectivity index (χ2n) is 9.58. The predicted molar refractivity (Wildman–Crippen MR) is 137 cm³/mol. The number of nitrogens with one attached hydrogen (secondary N) is 2. The molecule has 7 rings (SSSR count). The van der Waals surface area contributed by atoms with Crippen molar-refractivity contribution in [2.45, 2.75) is 19.3 Å². The molecule has 6 aromatic rings. The van der Waals surface area contributed by atoms with Crippen LogP contribution in [0, 0.1) is 0 Å². The molecule has 0 spiro atoms. The van der Waals surface area contributed by atoms with Crippen LogP contribution in [0.3, 0.4) is 0 Å². The molecule has 2 aromatic heterocycles. The van der Waals surface area contributed by atoms with Gasteiger partial charge in [-0.05, 0) is 58.7 Å². The molecular formula is C29H21N3O2. The van der Waals surface area contributed by atoms with Gasteiger partial charge in [0.25, 0.3) is 5.56 Å². The lowest BCUT2D eigenvalue weighted by Gasteiger charge is -2.21. The van der Waals surface area contributed by atoms with E-state index in [1.165, 1.54) is 27.6 Å². The minimum absolute atomic E-state index is 0.110. The van der Waals surface area contributed by atoms with Gasteiger partial charge in [0.05, 0.1) is 21.9 Å². The van der Waals surface area contributed by atoms with Crippen LogP contribution in [0.4, 0.5) is 0 Å². The van der Waals surface area contributed by atoms with Gasteiger partial charge >= 0.3 is 5.69 Å². The Hall–Kier alpha value is -4.38. The molecule has 5 heteroatoms. The average molecular weight is 444 g/mol. The van der Waals surface area contributed by atoms with Gasteiger partial charge in [-0.1, -0.05) is 56.3 Å². The minimum atomic E-state index is -0.500. The number of fused-ring (bicyclic) bond motifs is 7. The number of nitrogens with zero attached hydrogens (tertiary/aromatic N) is 1. The van der Waals surface area contributed by atoms with Crippen LogP contribution in [-0.2, 0) is 5.41 Å². The Labute approximate surface area is 194 Å². The number of benzene rings is 4.